The summed E-state index contributed by atoms with van der Waals surface area (Å²) in [5.74, 6) is 1.45. The molecule has 4 aromatic rings. The summed E-state index contributed by atoms with van der Waals surface area (Å²) >= 11 is 0. The van der Waals surface area contributed by atoms with Crippen molar-refractivity contribution in [3.8, 4) is 5.75 Å². The molecule has 0 unspecified atom stereocenters. The van der Waals surface area contributed by atoms with Crippen LogP contribution in [0.4, 0.5) is 5.95 Å². The summed E-state index contributed by atoms with van der Waals surface area (Å²) in [4.78, 5) is 7.58. The van der Waals surface area contributed by atoms with Crippen molar-refractivity contribution in [1.82, 2.24) is 9.97 Å². The Balaban J connectivity index is 1.34. The van der Waals surface area contributed by atoms with E-state index < -0.39 is 0 Å². The number of aromatic nitrogens is 2. The van der Waals surface area contributed by atoms with E-state index in [0.717, 1.165) is 27.9 Å². The highest BCUT2D eigenvalue weighted by molar-refractivity contribution is 5.81. The number of nitrogens with zero attached hydrogens (tertiary/aromatic N) is 2. The zero-order valence-corrected chi connectivity index (χ0v) is 14.1. The molecular formula is C21H18N4O. The normalized spacial score (nSPS) is 11.1. The summed E-state index contributed by atoms with van der Waals surface area (Å²) in [6.07, 6.45) is 1.74. The SMILES string of the molecule is C(=N/Nc1nc2ccccc2[nH]1)/c1ccc(OCc2ccccc2)cc1. The number of fused-ring (bicyclic) bond motifs is 1. The molecule has 3 aromatic carbocycles. The summed E-state index contributed by atoms with van der Waals surface area (Å²) in [7, 11) is 0. The number of aromatic amines is 1. The van der Waals surface area contributed by atoms with E-state index in [2.05, 4.69) is 20.5 Å². The van der Waals surface area contributed by atoms with Crippen LogP contribution in [0.15, 0.2) is 84.0 Å². The minimum Gasteiger partial charge on any atom is -0.489 e. The largest absolute Gasteiger partial charge is 0.489 e. The third-order valence-corrected chi connectivity index (χ3v) is 3.90. The average Bonchev–Trinajstić information content (AvgIpc) is 3.11. The average molecular weight is 342 g/mol. The van der Waals surface area contributed by atoms with Crippen LogP contribution in [0.1, 0.15) is 11.1 Å². The van der Waals surface area contributed by atoms with Gasteiger partial charge < -0.3 is 9.72 Å². The van der Waals surface area contributed by atoms with Gasteiger partial charge in [-0.2, -0.15) is 5.10 Å². The molecule has 0 aliphatic heterocycles. The van der Waals surface area contributed by atoms with Crippen LogP contribution in [0, 0.1) is 0 Å². The molecule has 5 heteroatoms. The molecule has 0 amide bonds. The van der Waals surface area contributed by atoms with E-state index in [1.807, 2.05) is 78.9 Å². The Morgan fingerprint density at radius 2 is 1.69 bits per heavy atom. The molecule has 0 saturated heterocycles. The number of para-hydroxylation sites is 2. The number of imidazole rings is 1. The first-order valence-corrected chi connectivity index (χ1v) is 8.37. The second kappa shape index (κ2) is 7.53. The Kier molecular flexibility index (Phi) is 4.60. The van der Waals surface area contributed by atoms with Gasteiger partial charge in [0.15, 0.2) is 0 Å². The van der Waals surface area contributed by atoms with E-state index in [1.54, 1.807) is 6.21 Å². The highest BCUT2D eigenvalue weighted by Crippen LogP contribution is 2.15. The van der Waals surface area contributed by atoms with Gasteiger partial charge in [0, 0.05) is 0 Å². The minimum absolute atomic E-state index is 0.557. The number of anilines is 1. The molecule has 5 nitrogen and oxygen atoms in total. The van der Waals surface area contributed by atoms with Crippen molar-refractivity contribution in [1.29, 1.82) is 0 Å². The van der Waals surface area contributed by atoms with Crippen LogP contribution in [0.5, 0.6) is 5.75 Å². The molecule has 2 N–H and O–H groups in total. The fraction of sp³-hybridized carbons (Fsp3) is 0.0476. The van der Waals surface area contributed by atoms with Gasteiger partial charge >= 0.3 is 0 Å². The maximum Gasteiger partial charge on any atom is 0.222 e. The van der Waals surface area contributed by atoms with Gasteiger partial charge in [-0.3, -0.25) is 0 Å². The van der Waals surface area contributed by atoms with Crippen molar-refractivity contribution in [2.45, 2.75) is 6.61 Å². The third-order valence-electron chi connectivity index (χ3n) is 3.90. The lowest BCUT2D eigenvalue weighted by Crippen LogP contribution is -1.95. The third kappa shape index (κ3) is 3.89. The molecule has 1 heterocycles. The number of benzene rings is 3. The van der Waals surface area contributed by atoms with Gasteiger partial charge in [0.25, 0.3) is 0 Å². The van der Waals surface area contributed by atoms with Crippen LogP contribution in [-0.4, -0.2) is 16.2 Å². The molecular weight excluding hydrogens is 324 g/mol. The molecule has 128 valence electrons. The van der Waals surface area contributed by atoms with Gasteiger partial charge in [-0.05, 0) is 47.5 Å². The number of nitrogens with one attached hydrogen (secondary N) is 2. The predicted molar refractivity (Wildman–Crippen MR) is 105 cm³/mol. The second-order valence-electron chi connectivity index (χ2n) is 5.82. The molecule has 0 atom stereocenters. The molecule has 26 heavy (non-hydrogen) atoms. The van der Waals surface area contributed by atoms with E-state index in [-0.39, 0.29) is 0 Å². The topological polar surface area (TPSA) is 62.3 Å². The first kappa shape index (κ1) is 15.9. The molecule has 0 saturated carbocycles. The molecule has 0 aliphatic rings. The van der Waals surface area contributed by atoms with Crippen LogP contribution in [-0.2, 0) is 6.61 Å². The molecule has 1 aromatic heterocycles. The predicted octanol–water partition coefficient (Wildman–Crippen LogP) is 4.59. The second-order valence-corrected chi connectivity index (χ2v) is 5.82. The monoisotopic (exact) mass is 342 g/mol. The van der Waals surface area contributed by atoms with E-state index in [9.17, 15) is 0 Å². The Labute approximate surface area is 151 Å². The van der Waals surface area contributed by atoms with Crippen LogP contribution < -0.4 is 10.2 Å². The zero-order valence-electron chi connectivity index (χ0n) is 14.1. The van der Waals surface area contributed by atoms with Gasteiger partial charge in [0.05, 0.1) is 17.2 Å². The van der Waals surface area contributed by atoms with Gasteiger partial charge in [-0.25, -0.2) is 10.4 Å². The van der Waals surface area contributed by atoms with Crippen LogP contribution >= 0.6 is 0 Å². The Bertz CT molecular complexity index is 974. The first-order chi connectivity index (χ1) is 12.9. The van der Waals surface area contributed by atoms with Crippen LogP contribution in [0.3, 0.4) is 0 Å². The Morgan fingerprint density at radius 3 is 2.50 bits per heavy atom. The fourth-order valence-electron chi connectivity index (χ4n) is 2.56. The fourth-order valence-corrected chi connectivity index (χ4v) is 2.56. The standard InChI is InChI=1S/C21H18N4O/c1-2-6-17(7-3-1)15-26-18-12-10-16(11-13-18)14-22-25-21-23-19-8-4-5-9-20(19)24-21/h1-14H,15H2,(H2,23,24,25)/b22-14-. The molecule has 0 spiro atoms. The van der Waals surface area contributed by atoms with Crippen molar-refractivity contribution in [2.75, 3.05) is 5.43 Å². The summed E-state index contributed by atoms with van der Waals surface area (Å²) in [6.45, 7) is 0.557. The molecule has 0 bridgehead atoms. The maximum absolute atomic E-state index is 5.78. The first-order valence-electron chi connectivity index (χ1n) is 8.37. The lowest BCUT2D eigenvalue weighted by molar-refractivity contribution is 0.306. The number of hydrazone groups is 1. The van der Waals surface area contributed by atoms with Gasteiger partial charge in [0.2, 0.25) is 5.95 Å². The van der Waals surface area contributed by atoms with Crippen molar-refractivity contribution in [2.24, 2.45) is 5.10 Å². The molecule has 0 radical (unpaired) electrons. The number of hydrogen-bond acceptors (Lipinski definition) is 4. The van der Waals surface area contributed by atoms with E-state index in [0.29, 0.717) is 12.6 Å². The molecule has 0 fully saturated rings. The van der Waals surface area contributed by atoms with Gasteiger partial charge in [-0.1, -0.05) is 42.5 Å². The van der Waals surface area contributed by atoms with Gasteiger partial charge in [0.1, 0.15) is 12.4 Å². The Hall–Kier alpha value is -3.60. The van der Waals surface area contributed by atoms with Crippen LogP contribution in [0.25, 0.3) is 11.0 Å². The lowest BCUT2D eigenvalue weighted by atomic mass is 10.2. The molecule has 0 aliphatic carbocycles. The van der Waals surface area contributed by atoms with Crippen molar-refractivity contribution < 1.29 is 4.74 Å². The maximum atomic E-state index is 5.78. The quantitative estimate of drug-likeness (QED) is 0.398. The zero-order chi connectivity index (χ0) is 17.6. The van der Waals surface area contributed by atoms with E-state index in [1.165, 1.54) is 0 Å². The van der Waals surface area contributed by atoms with Crippen molar-refractivity contribution in [3.05, 3.63) is 90.0 Å². The highest BCUT2D eigenvalue weighted by atomic mass is 16.5. The van der Waals surface area contributed by atoms with E-state index in [4.69, 9.17) is 4.74 Å². The highest BCUT2D eigenvalue weighted by Gasteiger charge is 1.99. The lowest BCUT2D eigenvalue weighted by Gasteiger charge is -2.06. The summed E-state index contributed by atoms with van der Waals surface area (Å²) in [5.41, 5.74) is 6.92. The summed E-state index contributed by atoms with van der Waals surface area (Å²) in [5, 5.41) is 4.22. The van der Waals surface area contributed by atoms with Crippen molar-refractivity contribution >= 4 is 23.2 Å². The van der Waals surface area contributed by atoms with Crippen LogP contribution in [0.2, 0.25) is 0 Å². The Morgan fingerprint density at radius 1 is 0.923 bits per heavy atom. The number of hydrogen-bond donors (Lipinski definition) is 2. The van der Waals surface area contributed by atoms with Crippen molar-refractivity contribution in [3.63, 3.8) is 0 Å². The van der Waals surface area contributed by atoms with Gasteiger partial charge in [-0.15, -0.1) is 0 Å². The number of H-pyrrole nitrogens is 1. The minimum atomic E-state index is 0.557. The summed E-state index contributed by atoms with van der Waals surface area (Å²) in [6, 6.07) is 25.8. The smallest absolute Gasteiger partial charge is 0.222 e. The summed E-state index contributed by atoms with van der Waals surface area (Å²) < 4.78 is 5.78. The number of ether oxygens (including phenoxy) is 1. The van der Waals surface area contributed by atoms with E-state index >= 15 is 0 Å². The molecule has 4 rings (SSSR count). The number of rotatable bonds is 6.